The second kappa shape index (κ2) is 15.4. The molecule has 0 saturated carbocycles. The van der Waals surface area contributed by atoms with Crippen molar-refractivity contribution in [2.24, 2.45) is 0 Å². The van der Waals surface area contributed by atoms with E-state index in [0.29, 0.717) is 0 Å². The summed E-state index contributed by atoms with van der Waals surface area (Å²) in [5, 5.41) is 5.01. The van der Waals surface area contributed by atoms with Crippen LogP contribution in [0.4, 0.5) is 34.1 Å². The molecule has 0 unspecified atom stereocenters. The van der Waals surface area contributed by atoms with Crippen molar-refractivity contribution in [1.82, 2.24) is 0 Å². The van der Waals surface area contributed by atoms with Crippen LogP contribution in [-0.2, 0) is 10.8 Å². The van der Waals surface area contributed by atoms with Gasteiger partial charge in [0.15, 0.2) is 0 Å². The second-order valence-corrected chi connectivity index (χ2v) is 19.1. The maximum absolute atomic E-state index is 2.44. The van der Waals surface area contributed by atoms with Gasteiger partial charge in [-0.25, -0.2) is 0 Å². The summed E-state index contributed by atoms with van der Waals surface area (Å²) in [6.07, 6.45) is 4.59. The third-order valence-electron chi connectivity index (χ3n) is 14.3. The van der Waals surface area contributed by atoms with Crippen LogP contribution in [0.2, 0.25) is 0 Å². The highest BCUT2D eigenvalue weighted by molar-refractivity contribution is 5.98. The minimum Gasteiger partial charge on any atom is -0.310 e. The molecule has 2 aliphatic carbocycles. The summed E-state index contributed by atoms with van der Waals surface area (Å²) >= 11 is 0. The molecule has 0 fully saturated rings. The standard InChI is InChI=1S/C64H50N2/c1-63(2)59-35-43(27-33-55(59)57-39-45-29-31-53(37-47(45)41-61(57)63)65(49-17-9-5-10-18-49)50-19-11-6-12-20-50)25-26-44-28-34-56-58-40-46-30-32-54(38-48(46)42-62(58)64(3,4)60(56)36-44)66(51-21-13-7-14-22-51)52-23-15-8-16-24-52/h5-42H,1-4H3. The van der Waals surface area contributed by atoms with Gasteiger partial charge < -0.3 is 9.80 Å². The number of hydrogen-bond donors (Lipinski definition) is 0. The van der Waals surface area contributed by atoms with Crippen LogP contribution in [0.25, 0.3) is 56.0 Å². The molecule has 316 valence electrons. The molecule has 0 spiro atoms. The average molecular weight is 847 g/mol. The number of benzene rings is 10. The topological polar surface area (TPSA) is 6.48 Å². The predicted molar refractivity (Wildman–Crippen MR) is 281 cm³/mol. The lowest BCUT2D eigenvalue weighted by Gasteiger charge is -2.26. The Kier molecular flexibility index (Phi) is 9.22. The fourth-order valence-corrected chi connectivity index (χ4v) is 10.8. The van der Waals surface area contributed by atoms with Gasteiger partial charge >= 0.3 is 0 Å². The Labute approximate surface area is 388 Å². The first-order valence-electron chi connectivity index (χ1n) is 23.2. The summed E-state index contributed by atoms with van der Waals surface area (Å²) in [6, 6.07) is 80.2. The maximum atomic E-state index is 2.44. The van der Waals surface area contributed by atoms with Crippen molar-refractivity contribution in [3.63, 3.8) is 0 Å². The van der Waals surface area contributed by atoms with Gasteiger partial charge in [-0.15, -0.1) is 0 Å². The second-order valence-electron chi connectivity index (χ2n) is 19.1. The molecule has 10 aromatic carbocycles. The van der Waals surface area contributed by atoms with E-state index in [4.69, 9.17) is 0 Å². The van der Waals surface area contributed by atoms with E-state index in [1.165, 1.54) is 77.2 Å². The first kappa shape index (κ1) is 39.6. The molecule has 0 amide bonds. The number of rotatable bonds is 8. The highest BCUT2D eigenvalue weighted by atomic mass is 15.1. The molecule has 0 aromatic heterocycles. The van der Waals surface area contributed by atoms with Gasteiger partial charge in [0.1, 0.15) is 0 Å². The molecule has 2 nitrogen and oxygen atoms in total. The molecule has 0 N–H and O–H groups in total. The van der Waals surface area contributed by atoms with Crippen LogP contribution in [0.3, 0.4) is 0 Å². The highest BCUT2D eigenvalue weighted by Crippen LogP contribution is 2.52. The van der Waals surface area contributed by atoms with Gasteiger partial charge in [-0.05, 0) is 174 Å². The summed E-state index contributed by atoms with van der Waals surface area (Å²) in [4.78, 5) is 4.69. The molecular weight excluding hydrogens is 797 g/mol. The number of fused-ring (bicyclic) bond motifs is 8. The molecule has 2 heteroatoms. The Balaban J connectivity index is 0.837. The van der Waals surface area contributed by atoms with Crippen molar-refractivity contribution in [3.05, 3.63) is 252 Å². The number of para-hydroxylation sites is 4. The van der Waals surface area contributed by atoms with Crippen LogP contribution in [-0.4, -0.2) is 0 Å². The van der Waals surface area contributed by atoms with Crippen molar-refractivity contribution in [2.45, 2.75) is 38.5 Å². The lowest BCUT2D eigenvalue weighted by molar-refractivity contribution is 0.661. The summed E-state index contributed by atoms with van der Waals surface area (Å²) < 4.78 is 0. The van der Waals surface area contributed by atoms with E-state index in [9.17, 15) is 0 Å². The van der Waals surface area contributed by atoms with Crippen LogP contribution >= 0.6 is 0 Å². The zero-order valence-electron chi connectivity index (χ0n) is 37.8. The van der Waals surface area contributed by atoms with Crippen molar-refractivity contribution < 1.29 is 0 Å². The minimum absolute atomic E-state index is 0.147. The average Bonchev–Trinajstić information content (AvgIpc) is 3.70. The SMILES string of the molecule is CC1(C)c2cc(C=Cc3ccc4c(c3)C(C)(C)c3cc5cc(N(c6ccccc6)c6ccccc6)ccc5cc3-4)ccc2-c2cc3ccc(N(c4ccccc4)c4ccccc4)cc3cc21. The smallest absolute Gasteiger partial charge is 0.0468 e. The Bertz CT molecular complexity index is 3200. The summed E-state index contributed by atoms with van der Waals surface area (Å²) in [7, 11) is 0. The monoisotopic (exact) mass is 846 g/mol. The quantitative estimate of drug-likeness (QED) is 0.141. The Morgan fingerprint density at radius 1 is 0.273 bits per heavy atom. The minimum atomic E-state index is -0.147. The van der Waals surface area contributed by atoms with E-state index in [2.05, 4.69) is 268 Å². The van der Waals surface area contributed by atoms with Crippen molar-refractivity contribution in [3.8, 4) is 22.3 Å². The summed E-state index contributed by atoms with van der Waals surface area (Å²) in [5.41, 5.74) is 19.9. The molecule has 0 radical (unpaired) electrons. The van der Waals surface area contributed by atoms with Crippen molar-refractivity contribution in [2.75, 3.05) is 9.80 Å². The molecule has 10 aromatic rings. The van der Waals surface area contributed by atoms with Gasteiger partial charge in [-0.1, -0.05) is 161 Å². The van der Waals surface area contributed by atoms with Gasteiger partial charge in [-0.3, -0.25) is 0 Å². The van der Waals surface area contributed by atoms with Gasteiger partial charge in [0.2, 0.25) is 0 Å². The van der Waals surface area contributed by atoms with E-state index < -0.39 is 0 Å². The number of hydrogen-bond acceptors (Lipinski definition) is 2. The van der Waals surface area contributed by atoms with Gasteiger partial charge in [0, 0.05) is 45.0 Å². The highest BCUT2D eigenvalue weighted by Gasteiger charge is 2.37. The zero-order valence-corrected chi connectivity index (χ0v) is 37.8. The molecular formula is C64H50N2. The molecule has 2 aliphatic rings. The van der Waals surface area contributed by atoms with E-state index in [-0.39, 0.29) is 10.8 Å². The van der Waals surface area contributed by atoms with E-state index in [1.807, 2.05) is 0 Å². The lowest BCUT2D eigenvalue weighted by Crippen LogP contribution is -2.15. The maximum Gasteiger partial charge on any atom is 0.0468 e. The van der Waals surface area contributed by atoms with Gasteiger partial charge in [-0.2, -0.15) is 0 Å². The number of nitrogens with zero attached hydrogens (tertiary/aromatic N) is 2. The fraction of sp³-hybridized carbons (Fsp3) is 0.0938. The third kappa shape index (κ3) is 6.55. The van der Waals surface area contributed by atoms with Crippen LogP contribution < -0.4 is 9.80 Å². The van der Waals surface area contributed by atoms with E-state index in [1.54, 1.807) is 0 Å². The van der Waals surface area contributed by atoms with Crippen LogP contribution in [0.15, 0.2) is 218 Å². The van der Waals surface area contributed by atoms with Crippen LogP contribution in [0, 0.1) is 0 Å². The first-order chi connectivity index (χ1) is 32.2. The van der Waals surface area contributed by atoms with Crippen molar-refractivity contribution in [1.29, 1.82) is 0 Å². The first-order valence-corrected chi connectivity index (χ1v) is 23.2. The van der Waals surface area contributed by atoms with E-state index >= 15 is 0 Å². The summed E-state index contributed by atoms with van der Waals surface area (Å²) in [5.74, 6) is 0. The van der Waals surface area contributed by atoms with Crippen molar-refractivity contribution >= 4 is 67.8 Å². The molecule has 0 atom stereocenters. The molecule has 0 aliphatic heterocycles. The van der Waals surface area contributed by atoms with Crippen LogP contribution in [0.5, 0.6) is 0 Å². The molecule has 0 bridgehead atoms. The normalized spacial score (nSPS) is 13.9. The van der Waals surface area contributed by atoms with Gasteiger partial charge in [0.25, 0.3) is 0 Å². The molecule has 66 heavy (non-hydrogen) atoms. The summed E-state index contributed by atoms with van der Waals surface area (Å²) in [6.45, 7) is 9.53. The lowest BCUT2D eigenvalue weighted by atomic mass is 9.81. The Morgan fingerprint density at radius 2 is 0.606 bits per heavy atom. The largest absolute Gasteiger partial charge is 0.310 e. The molecule has 0 saturated heterocycles. The van der Waals surface area contributed by atoms with E-state index in [0.717, 1.165) is 34.1 Å². The Hall–Kier alpha value is -7.94. The van der Waals surface area contributed by atoms with Crippen LogP contribution in [0.1, 0.15) is 61.1 Å². The van der Waals surface area contributed by atoms with Gasteiger partial charge in [0.05, 0.1) is 0 Å². The molecule has 12 rings (SSSR count). The molecule has 0 heterocycles. The zero-order chi connectivity index (χ0) is 44.6. The third-order valence-corrected chi connectivity index (χ3v) is 14.3. The predicted octanol–water partition coefficient (Wildman–Crippen LogP) is 17.7. The fourth-order valence-electron chi connectivity index (χ4n) is 10.8. The Morgan fingerprint density at radius 3 is 0.955 bits per heavy atom. The number of anilines is 6.